The van der Waals surface area contributed by atoms with Gasteiger partial charge in [0.2, 0.25) is 5.91 Å². The molecule has 0 aliphatic rings. The van der Waals surface area contributed by atoms with Crippen molar-refractivity contribution >= 4 is 16.8 Å². The zero-order valence-electron chi connectivity index (χ0n) is 15.4. The topological polar surface area (TPSA) is 73.2 Å². The monoisotopic (exact) mass is 365 g/mol. The lowest BCUT2D eigenvalue weighted by molar-refractivity contribution is -0.121. The van der Waals surface area contributed by atoms with E-state index in [1.54, 1.807) is 24.1 Å². The minimum Gasteiger partial charge on any atom is -0.497 e. The second kappa shape index (κ2) is 8.98. The summed E-state index contributed by atoms with van der Waals surface area (Å²) in [5.74, 6) is 0.812. The first-order chi connectivity index (χ1) is 13.2. The van der Waals surface area contributed by atoms with Crippen LogP contribution in [0.1, 0.15) is 18.4 Å². The number of nitrogens with zero attached hydrogens (tertiary/aromatic N) is 2. The maximum absolute atomic E-state index is 12.4. The summed E-state index contributed by atoms with van der Waals surface area (Å²) in [5, 5.41) is 3.52. The highest BCUT2D eigenvalue weighted by molar-refractivity contribution is 5.77. The molecule has 6 nitrogen and oxygen atoms in total. The third-order valence-electron chi connectivity index (χ3n) is 4.43. The molecule has 0 aliphatic heterocycles. The van der Waals surface area contributed by atoms with Crippen molar-refractivity contribution in [2.75, 3.05) is 13.7 Å². The van der Waals surface area contributed by atoms with Crippen LogP contribution in [0, 0.1) is 0 Å². The molecule has 3 rings (SSSR count). The number of ether oxygens (including phenoxy) is 1. The molecule has 0 fully saturated rings. The fraction of sp³-hybridized carbons (Fsp3) is 0.286. The molecule has 0 radical (unpaired) electrons. The number of carbonyl (C=O) groups is 1. The number of carbonyl (C=O) groups excluding carboxylic acids is 1. The fourth-order valence-electron chi connectivity index (χ4n) is 2.90. The van der Waals surface area contributed by atoms with Gasteiger partial charge in [0.05, 0.1) is 24.3 Å². The second-order valence-corrected chi connectivity index (χ2v) is 6.31. The van der Waals surface area contributed by atoms with Crippen molar-refractivity contribution in [1.29, 1.82) is 0 Å². The molecule has 1 aromatic heterocycles. The van der Waals surface area contributed by atoms with Gasteiger partial charge < -0.3 is 10.1 Å². The van der Waals surface area contributed by atoms with E-state index in [0.29, 0.717) is 36.8 Å². The van der Waals surface area contributed by atoms with Crippen LogP contribution in [0.5, 0.6) is 5.75 Å². The first kappa shape index (κ1) is 18.6. The maximum Gasteiger partial charge on any atom is 0.261 e. The Kier molecular flexibility index (Phi) is 6.20. The average molecular weight is 365 g/mol. The zero-order chi connectivity index (χ0) is 19.1. The molecule has 2 aromatic carbocycles. The highest BCUT2D eigenvalue weighted by Gasteiger charge is 2.05. The van der Waals surface area contributed by atoms with Crippen LogP contribution in [0.15, 0.2) is 59.7 Å². The first-order valence-corrected chi connectivity index (χ1v) is 9.01. The van der Waals surface area contributed by atoms with Gasteiger partial charge in [-0.05, 0) is 42.7 Å². The van der Waals surface area contributed by atoms with E-state index in [9.17, 15) is 9.59 Å². The number of fused-ring (bicyclic) bond motifs is 1. The quantitative estimate of drug-likeness (QED) is 0.666. The summed E-state index contributed by atoms with van der Waals surface area (Å²) in [5.41, 5.74) is 1.76. The zero-order valence-corrected chi connectivity index (χ0v) is 15.4. The van der Waals surface area contributed by atoms with E-state index in [1.807, 2.05) is 42.5 Å². The molecule has 0 saturated heterocycles. The largest absolute Gasteiger partial charge is 0.497 e. The van der Waals surface area contributed by atoms with Gasteiger partial charge in [0, 0.05) is 19.5 Å². The van der Waals surface area contributed by atoms with Gasteiger partial charge in [0.25, 0.3) is 5.56 Å². The standard InChI is InChI=1S/C21H23N3O3/c1-27-17-10-8-16(9-11-17)12-13-22-20(25)7-4-14-24-15-23-19-6-3-2-5-18(19)21(24)26/h2-3,5-6,8-11,15H,4,7,12-14H2,1H3,(H,22,25). The Balaban J connectivity index is 1.43. The minimum absolute atomic E-state index is 0.00897. The summed E-state index contributed by atoms with van der Waals surface area (Å²) in [7, 11) is 1.64. The molecule has 1 heterocycles. The van der Waals surface area contributed by atoms with Crippen molar-refractivity contribution in [3.05, 3.63) is 70.8 Å². The van der Waals surface area contributed by atoms with E-state index >= 15 is 0 Å². The fourth-order valence-corrected chi connectivity index (χ4v) is 2.90. The summed E-state index contributed by atoms with van der Waals surface area (Å²) < 4.78 is 6.69. The second-order valence-electron chi connectivity index (χ2n) is 6.31. The molecular formula is C21H23N3O3. The number of amides is 1. The predicted octanol–water partition coefficient (Wildman–Crippen LogP) is 2.54. The maximum atomic E-state index is 12.4. The average Bonchev–Trinajstić information content (AvgIpc) is 2.70. The lowest BCUT2D eigenvalue weighted by Crippen LogP contribution is -2.26. The Morgan fingerprint density at radius 1 is 1.15 bits per heavy atom. The Morgan fingerprint density at radius 2 is 1.93 bits per heavy atom. The summed E-state index contributed by atoms with van der Waals surface area (Å²) >= 11 is 0. The Hall–Kier alpha value is -3.15. The summed E-state index contributed by atoms with van der Waals surface area (Å²) in [6.07, 6.45) is 3.28. The van der Waals surface area contributed by atoms with Crippen molar-refractivity contribution in [3.8, 4) is 5.75 Å². The molecule has 0 atom stereocenters. The summed E-state index contributed by atoms with van der Waals surface area (Å²) in [6.45, 7) is 1.06. The molecule has 3 aromatic rings. The minimum atomic E-state index is -0.0690. The van der Waals surface area contributed by atoms with Gasteiger partial charge in [-0.2, -0.15) is 0 Å². The number of para-hydroxylation sites is 1. The van der Waals surface area contributed by atoms with Gasteiger partial charge >= 0.3 is 0 Å². The summed E-state index contributed by atoms with van der Waals surface area (Å²) in [6, 6.07) is 15.1. The van der Waals surface area contributed by atoms with E-state index in [0.717, 1.165) is 17.7 Å². The van der Waals surface area contributed by atoms with E-state index in [4.69, 9.17) is 4.74 Å². The Labute approximate surface area is 157 Å². The molecule has 140 valence electrons. The van der Waals surface area contributed by atoms with Crippen LogP contribution in [0.2, 0.25) is 0 Å². The molecular weight excluding hydrogens is 342 g/mol. The Morgan fingerprint density at radius 3 is 2.70 bits per heavy atom. The Bertz CT molecular complexity index is 964. The summed E-state index contributed by atoms with van der Waals surface area (Å²) in [4.78, 5) is 28.7. The highest BCUT2D eigenvalue weighted by atomic mass is 16.5. The van der Waals surface area contributed by atoms with E-state index in [2.05, 4.69) is 10.3 Å². The molecule has 0 bridgehead atoms. The van der Waals surface area contributed by atoms with Crippen molar-refractivity contribution < 1.29 is 9.53 Å². The molecule has 0 unspecified atom stereocenters. The van der Waals surface area contributed by atoms with Gasteiger partial charge in [0.1, 0.15) is 5.75 Å². The van der Waals surface area contributed by atoms with Crippen molar-refractivity contribution in [2.45, 2.75) is 25.8 Å². The van der Waals surface area contributed by atoms with Gasteiger partial charge in [-0.1, -0.05) is 24.3 Å². The van der Waals surface area contributed by atoms with Crippen LogP contribution < -0.4 is 15.6 Å². The van der Waals surface area contributed by atoms with Crippen LogP contribution in [0.3, 0.4) is 0 Å². The lowest BCUT2D eigenvalue weighted by atomic mass is 10.1. The normalized spacial score (nSPS) is 10.7. The number of hydrogen-bond acceptors (Lipinski definition) is 4. The van der Waals surface area contributed by atoms with Crippen molar-refractivity contribution in [3.63, 3.8) is 0 Å². The molecule has 0 spiro atoms. The van der Waals surface area contributed by atoms with E-state index in [-0.39, 0.29) is 11.5 Å². The molecule has 0 aliphatic carbocycles. The van der Waals surface area contributed by atoms with Crippen LogP contribution in [0.4, 0.5) is 0 Å². The number of benzene rings is 2. The molecule has 6 heteroatoms. The number of hydrogen-bond donors (Lipinski definition) is 1. The number of aromatic nitrogens is 2. The number of rotatable bonds is 8. The van der Waals surface area contributed by atoms with Crippen LogP contribution >= 0.6 is 0 Å². The predicted molar refractivity (Wildman–Crippen MR) is 105 cm³/mol. The van der Waals surface area contributed by atoms with Crippen LogP contribution in [-0.2, 0) is 17.8 Å². The third-order valence-corrected chi connectivity index (χ3v) is 4.43. The first-order valence-electron chi connectivity index (χ1n) is 9.01. The van der Waals surface area contributed by atoms with E-state index in [1.165, 1.54) is 0 Å². The SMILES string of the molecule is COc1ccc(CCNC(=O)CCCn2cnc3ccccc3c2=O)cc1. The molecule has 1 amide bonds. The van der Waals surface area contributed by atoms with Gasteiger partial charge in [0.15, 0.2) is 0 Å². The number of aryl methyl sites for hydroxylation is 1. The third kappa shape index (κ3) is 4.94. The molecule has 0 saturated carbocycles. The van der Waals surface area contributed by atoms with Crippen molar-refractivity contribution in [1.82, 2.24) is 14.9 Å². The van der Waals surface area contributed by atoms with Crippen LogP contribution in [-0.4, -0.2) is 29.1 Å². The van der Waals surface area contributed by atoms with Gasteiger partial charge in [-0.3, -0.25) is 14.2 Å². The molecule has 27 heavy (non-hydrogen) atoms. The van der Waals surface area contributed by atoms with Crippen molar-refractivity contribution in [2.24, 2.45) is 0 Å². The lowest BCUT2D eigenvalue weighted by Gasteiger charge is -2.08. The van der Waals surface area contributed by atoms with Gasteiger partial charge in [-0.15, -0.1) is 0 Å². The smallest absolute Gasteiger partial charge is 0.261 e. The number of methoxy groups -OCH3 is 1. The molecule has 1 N–H and O–H groups in total. The van der Waals surface area contributed by atoms with Gasteiger partial charge in [-0.25, -0.2) is 4.98 Å². The highest BCUT2D eigenvalue weighted by Crippen LogP contribution is 2.11. The number of nitrogens with one attached hydrogen (secondary N) is 1. The van der Waals surface area contributed by atoms with Crippen LogP contribution in [0.25, 0.3) is 10.9 Å². The van der Waals surface area contributed by atoms with E-state index < -0.39 is 0 Å².